The normalized spacial score (nSPS) is 14.2. The molecule has 0 spiro atoms. The molecule has 0 radical (unpaired) electrons. The van der Waals surface area contributed by atoms with Gasteiger partial charge in [0, 0.05) is 36.8 Å². The maximum atomic E-state index is 4.72. The maximum absolute atomic E-state index is 4.72. The van der Waals surface area contributed by atoms with Crippen LogP contribution in [0.4, 0.5) is 5.82 Å². The lowest BCUT2D eigenvalue weighted by Crippen LogP contribution is -2.06. The molecular formula is C17H22N4. The smallest absolute Gasteiger partial charge is 0.134 e. The maximum Gasteiger partial charge on any atom is 0.134 e. The van der Waals surface area contributed by atoms with Gasteiger partial charge in [0.25, 0.3) is 0 Å². The summed E-state index contributed by atoms with van der Waals surface area (Å²) in [6.45, 7) is 5.11. The molecule has 21 heavy (non-hydrogen) atoms. The van der Waals surface area contributed by atoms with E-state index in [2.05, 4.69) is 41.3 Å². The third-order valence-corrected chi connectivity index (χ3v) is 3.75. The van der Waals surface area contributed by atoms with Crippen molar-refractivity contribution < 1.29 is 0 Å². The second-order valence-corrected chi connectivity index (χ2v) is 5.60. The number of nitrogens with zero attached hydrogens (tertiary/aromatic N) is 3. The molecule has 0 aliphatic heterocycles. The SMILES string of the molecule is CCNc1cc(Cc2ccc(CC)cn2)nc(C2CC2)n1. The van der Waals surface area contributed by atoms with E-state index in [9.17, 15) is 0 Å². The highest BCUT2D eigenvalue weighted by atomic mass is 15.0. The highest BCUT2D eigenvalue weighted by Gasteiger charge is 2.27. The molecule has 1 aliphatic rings. The molecule has 4 heteroatoms. The average molecular weight is 282 g/mol. The van der Waals surface area contributed by atoms with E-state index in [1.165, 1.54) is 18.4 Å². The molecule has 1 saturated carbocycles. The van der Waals surface area contributed by atoms with E-state index in [1.807, 2.05) is 12.3 Å². The van der Waals surface area contributed by atoms with Crippen molar-refractivity contribution >= 4 is 5.82 Å². The van der Waals surface area contributed by atoms with E-state index in [1.54, 1.807) is 0 Å². The number of hydrogen-bond acceptors (Lipinski definition) is 4. The Hall–Kier alpha value is -1.97. The second kappa shape index (κ2) is 6.20. The monoisotopic (exact) mass is 282 g/mol. The van der Waals surface area contributed by atoms with Crippen molar-refractivity contribution in [1.29, 1.82) is 0 Å². The van der Waals surface area contributed by atoms with E-state index in [0.717, 1.165) is 42.4 Å². The third kappa shape index (κ3) is 3.57. The van der Waals surface area contributed by atoms with Crippen LogP contribution >= 0.6 is 0 Å². The van der Waals surface area contributed by atoms with Gasteiger partial charge in [-0.2, -0.15) is 0 Å². The quantitative estimate of drug-likeness (QED) is 0.883. The van der Waals surface area contributed by atoms with Crippen LogP contribution in [-0.4, -0.2) is 21.5 Å². The first-order chi connectivity index (χ1) is 10.3. The van der Waals surface area contributed by atoms with Gasteiger partial charge in [0.15, 0.2) is 0 Å². The van der Waals surface area contributed by atoms with Crippen LogP contribution in [0.2, 0.25) is 0 Å². The molecule has 2 aromatic rings. The van der Waals surface area contributed by atoms with Gasteiger partial charge in [0.2, 0.25) is 0 Å². The van der Waals surface area contributed by atoms with E-state index in [4.69, 9.17) is 4.98 Å². The van der Waals surface area contributed by atoms with Crippen LogP contribution in [0.1, 0.15) is 55.4 Å². The zero-order valence-electron chi connectivity index (χ0n) is 12.8. The van der Waals surface area contributed by atoms with Gasteiger partial charge in [-0.15, -0.1) is 0 Å². The van der Waals surface area contributed by atoms with Crippen LogP contribution in [0, 0.1) is 0 Å². The van der Waals surface area contributed by atoms with Crippen LogP contribution in [0.5, 0.6) is 0 Å². The number of anilines is 1. The number of hydrogen-bond donors (Lipinski definition) is 1. The van der Waals surface area contributed by atoms with Gasteiger partial charge in [-0.1, -0.05) is 13.0 Å². The summed E-state index contributed by atoms with van der Waals surface area (Å²) in [6.07, 6.45) is 6.20. The summed E-state index contributed by atoms with van der Waals surface area (Å²) in [5.74, 6) is 2.50. The van der Waals surface area contributed by atoms with Crippen LogP contribution in [0.25, 0.3) is 0 Å². The lowest BCUT2D eigenvalue weighted by Gasteiger charge is -2.08. The van der Waals surface area contributed by atoms with Crippen molar-refractivity contribution in [2.24, 2.45) is 0 Å². The van der Waals surface area contributed by atoms with E-state index in [0.29, 0.717) is 5.92 Å². The lowest BCUT2D eigenvalue weighted by molar-refractivity contribution is 0.876. The number of rotatable bonds is 6. The number of aryl methyl sites for hydroxylation is 1. The topological polar surface area (TPSA) is 50.7 Å². The summed E-state index contributed by atoms with van der Waals surface area (Å²) in [7, 11) is 0. The molecule has 2 heterocycles. The van der Waals surface area contributed by atoms with Crippen LogP contribution in [0.15, 0.2) is 24.4 Å². The summed E-state index contributed by atoms with van der Waals surface area (Å²) in [5.41, 5.74) is 3.39. The van der Waals surface area contributed by atoms with Crippen LogP contribution in [-0.2, 0) is 12.8 Å². The molecule has 1 aliphatic carbocycles. The first kappa shape index (κ1) is 14.0. The fourth-order valence-corrected chi connectivity index (χ4v) is 2.36. The minimum atomic E-state index is 0.567. The summed E-state index contributed by atoms with van der Waals surface area (Å²) in [5, 5.41) is 3.30. The minimum Gasteiger partial charge on any atom is -0.370 e. The highest BCUT2D eigenvalue weighted by Crippen LogP contribution is 2.38. The molecule has 0 unspecified atom stereocenters. The number of nitrogens with one attached hydrogen (secondary N) is 1. The minimum absolute atomic E-state index is 0.567. The fraction of sp³-hybridized carbons (Fsp3) is 0.471. The van der Waals surface area contributed by atoms with Gasteiger partial charge in [-0.25, -0.2) is 9.97 Å². The second-order valence-electron chi connectivity index (χ2n) is 5.60. The Morgan fingerprint density at radius 1 is 1.14 bits per heavy atom. The Balaban J connectivity index is 1.82. The predicted octanol–water partition coefficient (Wildman–Crippen LogP) is 3.33. The number of pyridine rings is 1. The number of aromatic nitrogens is 3. The molecule has 0 aromatic carbocycles. The van der Waals surface area contributed by atoms with Gasteiger partial charge >= 0.3 is 0 Å². The lowest BCUT2D eigenvalue weighted by atomic mass is 10.1. The first-order valence-corrected chi connectivity index (χ1v) is 7.84. The third-order valence-electron chi connectivity index (χ3n) is 3.75. The Morgan fingerprint density at radius 2 is 2.00 bits per heavy atom. The van der Waals surface area contributed by atoms with Crippen molar-refractivity contribution in [3.05, 3.63) is 47.2 Å². The van der Waals surface area contributed by atoms with Gasteiger partial charge in [0.1, 0.15) is 11.6 Å². The molecule has 0 saturated heterocycles. The largest absolute Gasteiger partial charge is 0.370 e. The van der Waals surface area contributed by atoms with E-state index >= 15 is 0 Å². The molecule has 110 valence electrons. The molecule has 4 nitrogen and oxygen atoms in total. The van der Waals surface area contributed by atoms with Gasteiger partial charge < -0.3 is 5.32 Å². The summed E-state index contributed by atoms with van der Waals surface area (Å²) in [6, 6.07) is 6.30. The molecular weight excluding hydrogens is 260 g/mol. The summed E-state index contributed by atoms with van der Waals surface area (Å²) < 4.78 is 0. The Kier molecular flexibility index (Phi) is 4.13. The molecule has 1 fully saturated rings. The van der Waals surface area contributed by atoms with Crippen molar-refractivity contribution in [2.75, 3.05) is 11.9 Å². The molecule has 3 rings (SSSR count). The first-order valence-electron chi connectivity index (χ1n) is 7.84. The van der Waals surface area contributed by atoms with E-state index < -0.39 is 0 Å². The Morgan fingerprint density at radius 3 is 2.62 bits per heavy atom. The fourth-order valence-electron chi connectivity index (χ4n) is 2.36. The van der Waals surface area contributed by atoms with Crippen molar-refractivity contribution in [3.8, 4) is 0 Å². The van der Waals surface area contributed by atoms with Gasteiger partial charge in [0.05, 0.1) is 5.69 Å². The standard InChI is InChI=1S/C17H22N4/c1-3-12-5-8-14(19-11-12)9-15-10-16(18-4-2)21-17(20-15)13-6-7-13/h5,8,10-11,13H,3-4,6-7,9H2,1-2H3,(H,18,20,21). The van der Waals surface area contributed by atoms with E-state index in [-0.39, 0.29) is 0 Å². The van der Waals surface area contributed by atoms with Crippen LogP contribution < -0.4 is 5.32 Å². The molecule has 1 N–H and O–H groups in total. The molecule has 0 bridgehead atoms. The summed E-state index contributed by atoms with van der Waals surface area (Å²) >= 11 is 0. The molecule has 0 amide bonds. The molecule has 2 aromatic heterocycles. The van der Waals surface area contributed by atoms with Crippen molar-refractivity contribution in [2.45, 2.75) is 45.4 Å². The zero-order valence-corrected chi connectivity index (χ0v) is 12.8. The zero-order chi connectivity index (χ0) is 14.7. The Bertz CT molecular complexity index is 603. The van der Waals surface area contributed by atoms with Crippen LogP contribution in [0.3, 0.4) is 0 Å². The predicted molar refractivity (Wildman–Crippen MR) is 84.6 cm³/mol. The summed E-state index contributed by atoms with van der Waals surface area (Å²) in [4.78, 5) is 13.9. The molecule has 0 atom stereocenters. The highest BCUT2D eigenvalue weighted by molar-refractivity contribution is 5.38. The van der Waals surface area contributed by atoms with Crippen molar-refractivity contribution in [3.63, 3.8) is 0 Å². The van der Waals surface area contributed by atoms with Gasteiger partial charge in [-0.3, -0.25) is 4.98 Å². The average Bonchev–Trinajstić information content (AvgIpc) is 3.33. The Labute approximate surface area is 126 Å². The van der Waals surface area contributed by atoms with Crippen molar-refractivity contribution in [1.82, 2.24) is 15.0 Å². The van der Waals surface area contributed by atoms with Gasteiger partial charge in [-0.05, 0) is 37.8 Å².